The molecule has 0 spiro atoms. The largest absolute Gasteiger partial charge is 0.412 e. The van der Waals surface area contributed by atoms with E-state index in [4.69, 9.17) is 0 Å². The van der Waals surface area contributed by atoms with Crippen LogP contribution in [0.15, 0.2) is 35.5 Å². The van der Waals surface area contributed by atoms with E-state index in [-0.39, 0.29) is 23.3 Å². The van der Waals surface area contributed by atoms with Gasteiger partial charge in [0.15, 0.2) is 0 Å². The Morgan fingerprint density at radius 1 is 1.42 bits per heavy atom. The van der Waals surface area contributed by atoms with E-state index in [0.717, 1.165) is 24.0 Å². The minimum absolute atomic E-state index is 0.0162. The number of rotatable bonds is 1. The molecule has 0 aromatic rings. The van der Waals surface area contributed by atoms with Crippen molar-refractivity contribution in [3.05, 3.63) is 35.5 Å². The first kappa shape index (κ1) is 14.4. The number of alkyl halides is 3. The Morgan fingerprint density at radius 2 is 2.05 bits per heavy atom. The van der Waals surface area contributed by atoms with Crippen LogP contribution >= 0.6 is 0 Å². The van der Waals surface area contributed by atoms with Crippen molar-refractivity contribution in [2.24, 2.45) is 17.3 Å². The van der Waals surface area contributed by atoms with Crippen molar-refractivity contribution in [3.8, 4) is 0 Å². The molecule has 0 unspecified atom stereocenters. The summed E-state index contributed by atoms with van der Waals surface area (Å²) in [4.78, 5) is 0. The zero-order valence-electron chi connectivity index (χ0n) is 11.8. The maximum atomic E-state index is 12.9. The van der Waals surface area contributed by atoms with Gasteiger partial charge in [0.2, 0.25) is 0 Å². The third-order valence-electron chi connectivity index (χ3n) is 4.96. The van der Waals surface area contributed by atoms with Gasteiger partial charge in [-0.25, -0.2) is 0 Å². The fourth-order valence-electron chi connectivity index (χ4n) is 3.30. The van der Waals surface area contributed by atoms with Gasteiger partial charge in [-0.15, -0.1) is 0 Å². The Labute approximate surface area is 113 Å². The number of hydrogen-bond donors (Lipinski definition) is 0. The van der Waals surface area contributed by atoms with Crippen LogP contribution in [0.5, 0.6) is 0 Å². The first-order chi connectivity index (χ1) is 8.64. The Hall–Kier alpha value is -0.990. The van der Waals surface area contributed by atoms with Crippen molar-refractivity contribution >= 4 is 0 Å². The number of hydrogen-bond acceptors (Lipinski definition) is 0. The molecule has 0 nitrogen and oxygen atoms in total. The Balaban J connectivity index is 2.39. The Kier molecular flexibility index (Phi) is 3.44. The highest BCUT2D eigenvalue weighted by atomic mass is 19.4. The molecule has 0 aromatic heterocycles. The van der Waals surface area contributed by atoms with Crippen LogP contribution in [0.4, 0.5) is 13.2 Å². The summed E-state index contributed by atoms with van der Waals surface area (Å²) in [6.45, 7) is 10.1. The molecule has 2 aliphatic rings. The van der Waals surface area contributed by atoms with Crippen LogP contribution in [0.25, 0.3) is 0 Å². The van der Waals surface area contributed by atoms with Gasteiger partial charge in [0.05, 0.1) is 0 Å². The van der Waals surface area contributed by atoms with Gasteiger partial charge in [-0.05, 0) is 49.0 Å². The lowest BCUT2D eigenvalue weighted by molar-refractivity contribution is -0.0978. The molecule has 2 aliphatic carbocycles. The minimum Gasteiger partial charge on any atom is -0.166 e. The molecule has 3 heteroatoms. The van der Waals surface area contributed by atoms with Crippen LogP contribution in [0.1, 0.15) is 40.0 Å². The normalized spacial score (nSPS) is 35.3. The van der Waals surface area contributed by atoms with Crippen molar-refractivity contribution in [1.82, 2.24) is 0 Å². The van der Waals surface area contributed by atoms with Crippen molar-refractivity contribution in [3.63, 3.8) is 0 Å². The van der Waals surface area contributed by atoms with Gasteiger partial charge in [0, 0.05) is 5.57 Å². The third-order valence-corrected chi connectivity index (χ3v) is 4.96. The maximum Gasteiger partial charge on any atom is 0.412 e. The van der Waals surface area contributed by atoms with Gasteiger partial charge in [0.1, 0.15) is 0 Å². The topological polar surface area (TPSA) is 0 Å². The summed E-state index contributed by atoms with van der Waals surface area (Å²) in [5.74, 6) is 0.416. The van der Waals surface area contributed by atoms with Crippen LogP contribution in [0.3, 0.4) is 0 Å². The van der Waals surface area contributed by atoms with Crippen LogP contribution in [-0.4, -0.2) is 6.18 Å². The molecular formula is C16H21F3. The van der Waals surface area contributed by atoms with E-state index in [0.29, 0.717) is 5.92 Å². The Morgan fingerprint density at radius 3 is 2.58 bits per heavy atom. The summed E-state index contributed by atoms with van der Waals surface area (Å²) < 4.78 is 38.7. The Bertz CT molecular complexity index is 453. The van der Waals surface area contributed by atoms with Gasteiger partial charge in [-0.1, -0.05) is 38.2 Å². The number of halogens is 3. The van der Waals surface area contributed by atoms with Gasteiger partial charge < -0.3 is 0 Å². The average molecular weight is 270 g/mol. The second kappa shape index (κ2) is 4.53. The number of fused-ring (bicyclic) bond motifs is 1. The molecule has 0 aliphatic heterocycles. The molecule has 0 amide bonds. The molecule has 3 atom stereocenters. The summed E-state index contributed by atoms with van der Waals surface area (Å²) in [7, 11) is 0. The van der Waals surface area contributed by atoms with Crippen molar-refractivity contribution < 1.29 is 13.2 Å². The predicted molar refractivity (Wildman–Crippen MR) is 71.6 cm³/mol. The highest BCUT2D eigenvalue weighted by molar-refractivity contribution is 5.38. The van der Waals surface area contributed by atoms with E-state index >= 15 is 0 Å². The fourth-order valence-corrected chi connectivity index (χ4v) is 3.30. The quantitative estimate of drug-likeness (QED) is 0.557. The molecule has 0 aromatic carbocycles. The smallest absolute Gasteiger partial charge is 0.166 e. The first-order valence-corrected chi connectivity index (χ1v) is 6.78. The van der Waals surface area contributed by atoms with E-state index in [1.165, 1.54) is 6.08 Å². The monoisotopic (exact) mass is 270 g/mol. The molecule has 2 rings (SSSR count). The minimum atomic E-state index is -4.19. The molecule has 106 valence electrons. The lowest BCUT2D eigenvalue weighted by atomic mass is 9.58. The highest BCUT2D eigenvalue weighted by Crippen LogP contribution is 2.54. The van der Waals surface area contributed by atoms with Crippen LogP contribution in [-0.2, 0) is 0 Å². The summed E-state index contributed by atoms with van der Waals surface area (Å²) in [6.07, 6.45) is 1.03. The van der Waals surface area contributed by atoms with Gasteiger partial charge in [-0.2, -0.15) is 13.2 Å². The SMILES string of the molecule is C=C(C)[C@@H]1CC=C2C=C(C(F)(F)F)C[C@@H](C)[C@]2(C)C1. The summed E-state index contributed by atoms with van der Waals surface area (Å²) in [6, 6.07) is 0. The fraction of sp³-hybridized carbons (Fsp3) is 0.625. The molecule has 0 saturated carbocycles. The third kappa shape index (κ3) is 2.52. The molecule has 0 heterocycles. The zero-order valence-corrected chi connectivity index (χ0v) is 11.8. The van der Waals surface area contributed by atoms with E-state index in [1.54, 1.807) is 0 Å². The molecule has 19 heavy (non-hydrogen) atoms. The second-order valence-corrected chi connectivity index (χ2v) is 6.33. The van der Waals surface area contributed by atoms with Gasteiger partial charge in [-0.3, -0.25) is 0 Å². The molecule has 0 N–H and O–H groups in total. The van der Waals surface area contributed by atoms with Gasteiger partial charge in [0.25, 0.3) is 0 Å². The van der Waals surface area contributed by atoms with E-state index < -0.39 is 6.18 Å². The van der Waals surface area contributed by atoms with Crippen molar-refractivity contribution in [2.45, 2.75) is 46.2 Å². The summed E-state index contributed by atoms with van der Waals surface area (Å²) in [5.41, 5.74) is 1.49. The van der Waals surface area contributed by atoms with E-state index in [2.05, 4.69) is 13.5 Å². The average Bonchev–Trinajstić information content (AvgIpc) is 2.28. The first-order valence-electron chi connectivity index (χ1n) is 6.78. The van der Waals surface area contributed by atoms with E-state index in [1.807, 2.05) is 19.9 Å². The van der Waals surface area contributed by atoms with Crippen molar-refractivity contribution in [1.29, 1.82) is 0 Å². The predicted octanol–water partition coefficient (Wildman–Crippen LogP) is 5.43. The molecule has 0 fully saturated rings. The van der Waals surface area contributed by atoms with Gasteiger partial charge >= 0.3 is 6.18 Å². The van der Waals surface area contributed by atoms with E-state index in [9.17, 15) is 13.2 Å². The van der Waals surface area contributed by atoms with Crippen LogP contribution < -0.4 is 0 Å². The van der Waals surface area contributed by atoms with Crippen LogP contribution in [0, 0.1) is 17.3 Å². The molecular weight excluding hydrogens is 249 g/mol. The summed E-state index contributed by atoms with van der Waals surface area (Å²) in [5, 5.41) is 0. The standard InChI is InChI=1S/C16H21F3/c1-10(2)12-5-6-13-8-14(16(17,18)19)7-11(3)15(13,4)9-12/h6,8,11-12H,1,5,7,9H2,2-4H3/t11-,12-,15+/m1/s1. The second-order valence-electron chi connectivity index (χ2n) is 6.33. The van der Waals surface area contributed by atoms with Crippen LogP contribution in [0.2, 0.25) is 0 Å². The molecule has 0 radical (unpaired) electrons. The maximum absolute atomic E-state index is 12.9. The zero-order chi connectivity index (χ0) is 14.4. The summed E-state index contributed by atoms with van der Waals surface area (Å²) >= 11 is 0. The lowest BCUT2D eigenvalue weighted by Gasteiger charge is -2.46. The van der Waals surface area contributed by atoms with Crippen molar-refractivity contribution in [2.75, 3.05) is 0 Å². The highest BCUT2D eigenvalue weighted by Gasteiger charge is 2.46. The number of allylic oxidation sites excluding steroid dienone is 5. The molecule has 0 bridgehead atoms. The molecule has 0 saturated heterocycles. The lowest BCUT2D eigenvalue weighted by Crippen LogP contribution is -2.37.